The summed E-state index contributed by atoms with van der Waals surface area (Å²) in [6.45, 7) is 67.8. The number of Topliss-reactive ketones (excluding diaryl/α,β-unsaturated/α-hetero) is 5. The van der Waals surface area contributed by atoms with Gasteiger partial charge in [-0.15, -0.1) is 10.2 Å². The number of alkyl halides is 4. The topological polar surface area (TPSA) is 244 Å². The largest absolute Gasteiger partial charge is 0.419 e. The van der Waals surface area contributed by atoms with Crippen LogP contribution in [0, 0.1) is 165 Å². The molecule has 0 bridgehead atoms. The Bertz CT molecular complexity index is 5120. The van der Waals surface area contributed by atoms with Crippen molar-refractivity contribution >= 4 is 52.2 Å². The maximum absolute atomic E-state index is 14.6. The molecule has 1 aromatic heterocycles. The molecule has 0 saturated heterocycles. The van der Waals surface area contributed by atoms with Crippen LogP contribution in [-0.2, 0) is 48.6 Å². The van der Waals surface area contributed by atoms with E-state index in [-0.39, 0.29) is 156 Å². The fourth-order valence-electron chi connectivity index (χ4n) is 31.3. The van der Waals surface area contributed by atoms with Crippen LogP contribution in [0.2, 0.25) is 0 Å². The first-order valence-electron chi connectivity index (χ1n) is 66.5. The van der Waals surface area contributed by atoms with Crippen LogP contribution in [0.5, 0.6) is 0 Å². The van der Waals surface area contributed by atoms with Crippen molar-refractivity contribution in [3.05, 3.63) is 116 Å². The van der Waals surface area contributed by atoms with Gasteiger partial charge in [-0.3, -0.25) is 28.8 Å². The zero-order chi connectivity index (χ0) is 133. The second-order valence-corrected chi connectivity index (χ2v) is 46.5. The lowest BCUT2D eigenvalue weighted by atomic mass is 9.34. The predicted octanol–water partition coefficient (Wildman–Crippen LogP) is 25.8. The van der Waals surface area contributed by atoms with Gasteiger partial charge in [-0.2, -0.15) is 17.6 Å². The molecule has 1 amide bonds. The van der Waals surface area contributed by atoms with Gasteiger partial charge < -0.3 is 29.9 Å². The van der Waals surface area contributed by atoms with Gasteiger partial charge in [-0.05, 0) is 237 Å². The van der Waals surface area contributed by atoms with E-state index in [1.165, 1.54) is 0 Å². The summed E-state index contributed by atoms with van der Waals surface area (Å²) in [4.78, 5) is 133. The number of rotatable bonds is 8. The van der Waals surface area contributed by atoms with Gasteiger partial charge in [0.15, 0.2) is 46.3 Å². The Balaban J connectivity index is -0.000000268. The summed E-state index contributed by atoms with van der Waals surface area (Å²) in [5.74, 6) is -3.49. The Morgan fingerprint density at radius 1 is 0.467 bits per heavy atom. The summed E-state index contributed by atoms with van der Waals surface area (Å²) in [7, 11) is 0. The lowest BCUT2D eigenvalue weighted by Gasteiger charge is -2.69. The molecule has 0 aliphatic heterocycles. The summed E-state index contributed by atoms with van der Waals surface area (Å²) in [5.41, 5.74) is 1.61. The molecule has 16 rings (SSSR count). The van der Waals surface area contributed by atoms with Crippen LogP contribution in [0.1, 0.15) is 364 Å². The summed E-state index contributed by atoms with van der Waals surface area (Å²) < 4.78 is 279. The van der Waals surface area contributed by atoms with Crippen LogP contribution in [-0.4, -0.2) is 81.9 Å². The first kappa shape index (κ1) is 64.3. The molecule has 0 spiro atoms. The third-order valence-corrected chi connectivity index (χ3v) is 38.5. The monoisotopic (exact) mass is 1780 g/mol. The van der Waals surface area contributed by atoms with E-state index in [9.17, 15) is 60.7 Å². The zero-order valence-electron chi connectivity index (χ0n) is 119. The molecule has 9 fully saturated rings. The number of nitrogens with two attached hydrogens (primary N) is 1. The minimum absolute atomic E-state index is 0.00239. The average Bonchev–Trinajstić information content (AvgIpc) is 0.727. The lowest BCUT2D eigenvalue weighted by molar-refractivity contribution is -0.178. The molecule has 120 heavy (non-hydrogen) atoms. The van der Waals surface area contributed by atoms with Crippen LogP contribution >= 0.6 is 0 Å². The maximum atomic E-state index is 14.6. The molecular formula is C99H173F4N7O10. The Labute approximate surface area is 776 Å². The highest BCUT2D eigenvalue weighted by atomic mass is 19.3. The quantitative estimate of drug-likeness (QED) is 0.182. The number of halogens is 4. The van der Waals surface area contributed by atoms with Crippen LogP contribution < -0.4 is 11.1 Å². The molecular weight excluding hydrogens is 1520 g/mol. The van der Waals surface area contributed by atoms with Gasteiger partial charge >= 0.3 is 12.9 Å². The van der Waals surface area contributed by atoms with Crippen molar-refractivity contribution in [2.45, 2.75) is 299 Å². The van der Waals surface area contributed by atoms with Crippen LogP contribution in [0.25, 0.3) is 14.5 Å². The second kappa shape index (κ2) is 28.0. The molecule has 9 saturated carbocycles. The summed E-state index contributed by atoms with van der Waals surface area (Å²) in [6.07, 6.45) is 21.4. The first-order valence-corrected chi connectivity index (χ1v) is 44.5. The van der Waals surface area contributed by atoms with Crippen LogP contribution in [0.3, 0.4) is 0 Å². The van der Waals surface area contributed by atoms with Crippen LogP contribution in [0.15, 0.2) is 74.7 Å². The highest BCUT2D eigenvalue weighted by Gasteiger charge is 2.76. The van der Waals surface area contributed by atoms with Gasteiger partial charge in [0.25, 0.3) is 11.8 Å². The Kier molecular flexibility index (Phi) is 15.0. The highest BCUT2D eigenvalue weighted by Crippen LogP contribution is 2.80. The van der Waals surface area contributed by atoms with Gasteiger partial charge in [-0.1, -0.05) is 180 Å². The fourth-order valence-corrected chi connectivity index (χ4v) is 31.3. The minimum atomic E-state index is -3.19. The van der Waals surface area contributed by atoms with E-state index >= 15 is 0 Å². The number of nitrogens with zero attached hydrogens (tertiary/aromatic N) is 5. The molecule has 1 heterocycles. The predicted molar refractivity (Wildman–Crippen MR) is 493 cm³/mol. The standard InChI is InChI=1S/C34H44F2N2O4.C33H41F2N3O3.C32H44N2O3.22H2/c1-29(2)11-13-34(24(40)18-38-28(42)27(35)36)14-12-33(7)25(19(34)16-29)21(39)15-23-31(5)17-20(37-8)26(41)30(3,4)22(31)9-10-32(23,33)6;1-28(2)11-13-33(27-38-37-26(41-27)25(34)35)14-12-32(7)23(18(33)16-28)20(39)15-22-30(5)17-19(36-8)24(40)29(3,4)21(30)9-10-31(22,32)6;1-27(2)11-13-32(24(36)18-33)14-12-31(7)25(19(32)16-27)21(35)15-23-29(5)17-20(34-8)26(37)28(3,4)22(29)9-10-30(23,31)6;;;;;;;;;;;;;;;;;;;;;;/h15,17,19,22,25,27H,9-14,16,18H2,1-7H3,(H,38,42);15,17-18,21,23,25H,9-14,16H2,1-7H3;15,17,19,22,25H,9-14,16,18,33H2,1-7H3;22*1H/t19-,22-,25-,31-,32+,33+,34-;18-,21-,23-,30-,31+,32+,33-;19-,22-,25-,29-,30+,31+,32?;;;;;;;;;;;;;;;;;;;;;;/m000....................../s1/i;;;22*1+2T. The summed E-state index contributed by atoms with van der Waals surface area (Å²) >= 11 is 0. The number of ketones is 8. The SMILES string of the molecule is [3H][3H].[3H][3H].[3H][3H].[3H][3H].[3H][3H].[3H][3H].[3H][3H].[3H][3H].[3H][3H].[3H][3H].[3H][3H].[3H][3H].[3H][3H].[3H][3H].[3H][3H].[3H][3H].[3H][3H].[3H][3H].[3H][3H].[3H][3H].[3H][3H].[3H][3H].[C-]#[N+]C1=C[C@]2(C)C3=CC(=O)[C@@H]4[C@@H]5CC(C)(C)CCC5(C(=O)CN)CC[C@@]4(C)[C@]3(C)CC[C@H]2C(C)(C)C1=O.[C-]#[N+]C1=C[C@]2(C)C3=CC(=O)[C@@H]4[C@@H]5CC(C)(C)CC[C@]5(C(=O)CNC(=O)C(F)F)CC[C@@]4(C)[C@]3(C)CC[C@H]2C(C)(C)C1=O.[C-]#[N+]C1=C[C@]2(C)C3=CC(=O)[C@@H]4[C@@H]5CC(C)(C)CC[C@]5(c5nnc(C(F)F)o5)CC[C@@]4(C)[C@]3(C)CC[C@H]2C(C)(C)C1=O. The van der Waals surface area contributed by atoms with E-state index in [0.717, 1.165) is 119 Å². The molecule has 15 aliphatic rings. The van der Waals surface area contributed by atoms with E-state index in [0.29, 0.717) is 32.1 Å². The third-order valence-electron chi connectivity index (χ3n) is 38.5. The smallest absolute Gasteiger partial charge is 0.315 e. The van der Waals surface area contributed by atoms with Crippen molar-refractivity contribution in [1.29, 1.82) is 0 Å². The van der Waals surface area contributed by atoms with E-state index in [1.54, 1.807) is 6.08 Å². The molecule has 0 radical (unpaired) electrons. The van der Waals surface area contributed by atoms with Gasteiger partial charge in [0.1, 0.15) is 0 Å². The number of allylic oxidation sites excluding steroid dienone is 12. The zero-order valence-corrected chi connectivity index (χ0v) is 75.0. The van der Waals surface area contributed by atoms with Gasteiger partial charge in [0.2, 0.25) is 23.0 Å². The van der Waals surface area contributed by atoms with Crippen molar-refractivity contribution < 1.29 is 130 Å². The van der Waals surface area contributed by atoms with E-state index in [1.807, 2.05) is 71.9 Å². The molecule has 3 N–H and O–H groups in total. The third kappa shape index (κ3) is 12.1. The second-order valence-electron chi connectivity index (χ2n) is 46.5. The van der Waals surface area contributed by atoms with Crippen molar-refractivity contribution in [1.82, 2.24) is 15.5 Å². The Morgan fingerprint density at radius 3 is 1.12 bits per heavy atom. The number of fused-ring (bicyclic) bond motifs is 21. The maximum Gasteiger partial charge on any atom is 0.315 e. The van der Waals surface area contributed by atoms with E-state index in [2.05, 4.69) is 134 Å². The van der Waals surface area contributed by atoms with Gasteiger partial charge in [-0.25, -0.2) is 14.5 Å². The molecule has 1 unspecified atom stereocenters. The Morgan fingerprint density at radius 2 is 0.783 bits per heavy atom. The molecule has 17 nitrogen and oxygen atoms in total. The number of aromatic nitrogens is 2. The number of carbonyl (C=O) groups excluding carboxylic acids is 9. The van der Waals surface area contributed by atoms with E-state index < -0.39 is 102 Å². The number of amides is 1. The molecule has 21 atom stereocenters. The summed E-state index contributed by atoms with van der Waals surface area (Å²) in [6, 6.07) is 0. The highest BCUT2D eigenvalue weighted by molar-refractivity contribution is 6.06. The number of hydrogen-bond donors (Lipinski definition) is 2. The molecule has 15 aliphatic carbocycles. The number of nitrogens with one attached hydrogen (secondary N) is 1. The molecule has 692 valence electrons. The lowest BCUT2D eigenvalue weighted by Crippen LogP contribution is -2.66. The number of hydrogen-bond acceptors (Lipinski definition) is 13. The molecule has 1 aromatic rings. The van der Waals surface area contributed by atoms with Crippen LogP contribution in [0.4, 0.5) is 17.6 Å². The van der Waals surface area contributed by atoms with Gasteiger partial charge in [0.05, 0.1) is 38.2 Å². The number of carbonyl (C=O) groups is 9. The van der Waals surface area contributed by atoms with Crippen molar-refractivity contribution in [3.63, 3.8) is 0 Å². The summed E-state index contributed by atoms with van der Waals surface area (Å²) in [5, 5.41) is 10.0. The molecule has 0 aromatic carbocycles. The van der Waals surface area contributed by atoms with Crippen molar-refractivity contribution in [2.75, 3.05) is 13.1 Å². The first-order chi connectivity index (χ1) is 77.3. The minimum Gasteiger partial charge on any atom is -0.419 e. The average molecular weight is 1790 g/mol. The van der Waals surface area contributed by atoms with Gasteiger partial charge in [0, 0.05) is 126 Å². The normalized spacial score (nSPS) is 44.8. The van der Waals surface area contributed by atoms with Crippen molar-refractivity contribution in [2.24, 2.45) is 151 Å². The van der Waals surface area contributed by atoms with E-state index in [4.69, 9.17) is 95.2 Å². The molecule has 21 heteroatoms. The Hall–Kier alpha value is -7.44. The van der Waals surface area contributed by atoms with Crippen molar-refractivity contribution in [3.8, 4) is 0 Å². The fraction of sp³-hybridized carbons (Fsp3) is 0.737.